The minimum Gasteiger partial charge on any atom is -0.310 e. The number of benzene rings is 7. The lowest BCUT2D eigenvalue weighted by Crippen LogP contribution is -2.16. The molecule has 1 aliphatic carbocycles. The minimum atomic E-state index is -0.0834. The Hall–Kier alpha value is -5.40. The van der Waals surface area contributed by atoms with E-state index in [1.807, 2.05) is 0 Å². The quantitative estimate of drug-likeness (QED) is 0.201. The summed E-state index contributed by atoms with van der Waals surface area (Å²) in [7, 11) is 0. The molecule has 1 heteroatoms. The molecule has 1 nitrogen and oxygen atoms in total. The second-order valence-electron chi connectivity index (χ2n) is 12.2. The highest BCUT2D eigenvalue weighted by atomic mass is 15.1. The molecule has 0 atom stereocenters. The summed E-state index contributed by atoms with van der Waals surface area (Å²) in [5, 5.41) is 2.49. The Labute approximate surface area is 259 Å². The van der Waals surface area contributed by atoms with Crippen LogP contribution in [-0.4, -0.2) is 0 Å². The van der Waals surface area contributed by atoms with E-state index in [2.05, 4.69) is 183 Å². The fourth-order valence-corrected chi connectivity index (χ4v) is 7.05. The lowest BCUT2D eigenvalue weighted by Gasteiger charge is -2.30. The zero-order chi connectivity index (χ0) is 29.7. The molecular weight excluding hydrogens is 530 g/mol. The normalized spacial score (nSPS) is 13.0. The average molecular weight is 564 g/mol. The van der Waals surface area contributed by atoms with Crippen molar-refractivity contribution in [3.63, 3.8) is 0 Å². The molecule has 0 unspecified atom stereocenters. The zero-order valence-corrected chi connectivity index (χ0v) is 25.0. The number of hydrogen-bond donors (Lipinski definition) is 0. The molecule has 0 N–H and O–H groups in total. The Morgan fingerprint density at radius 1 is 0.409 bits per heavy atom. The number of nitrogens with zero attached hydrogens (tertiary/aromatic N) is 1. The van der Waals surface area contributed by atoms with Gasteiger partial charge in [-0.2, -0.15) is 0 Å². The van der Waals surface area contributed by atoms with Crippen molar-refractivity contribution in [1.82, 2.24) is 0 Å². The molecule has 7 aromatic rings. The third kappa shape index (κ3) is 4.24. The topological polar surface area (TPSA) is 3.24 Å². The molecule has 0 bridgehead atoms. The number of fused-ring (bicyclic) bond motifs is 4. The second kappa shape index (κ2) is 10.4. The average Bonchev–Trinajstić information content (AvgIpc) is 3.31. The third-order valence-electron chi connectivity index (χ3n) is 9.26. The molecule has 8 rings (SSSR count). The highest BCUT2D eigenvalue weighted by Gasteiger charge is 2.35. The van der Waals surface area contributed by atoms with Gasteiger partial charge in [-0.25, -0.2) is 0 Å². The van der Waals surface area contributed by atoms with Gasteiger partial charge >= 0.3 is 0 Å². The van der Waals surface area contributed by atoms with Crippen LogP contribution in [0.1, 0.15) is 25.0 Å². The fraction of sp³-hybridized carbons (Fsp3) is 0.0698. The van der Waals surface area contributed by atoms with E-state index in [1.54, 1.807) is 0 Å². The van der Waals surface area contributed by atoms with Gasteiger partial charge in [0.25, 0.3) is 0 Å². The zero-order valence-electron chi connectivity index (χ0n) is 25.0. The maximum atomic E-state index is 2.44. The van der Waals surface area contributed by atoms with E-state index in [1.165, 1.54) is 55.3 Å². The smallest absolute Gasteiger partial charge is 0.0540 e. The third-order valence-corrected chi connectivity index (χ3v) is 9.26. The molecule has 0 aliphatic heterocycles. The first-order valence-corrected chi connectivity index (χ1v) is 15.4. The number of rotatable bonds is 5. The molecule has 0 amide bonds. The van der Waals surface area contributed by atoms with Crippen LogP contribution in [0.4, 0.5) is 17.1 Å². The summed E-state index contributed by atoms with van der Waals surface area (Å²) >= 11 is 0. The van der Waals surface area contributed by atoms with Crippen molar-refractivity contribution in [2.24, 2.45) is 0 Å². The Morgan fingerprint density at radius 2 is 1.07 bits per heavy atom. The molecule has 0 saturated carbocycles. The maximum Gasteiger partial charge on any atom is 0.0540 e. The molecule has 0 aromatic heterocycles. The first-order chi connectivity index (χ1) is 21.6. The van der Waals surface area contributed by atoms with Gasteiger partial charge < -0.3 is 4.90 Å². The van der Waals surface area contributed by atoms with Crippen molar-refractivity contribution < 1.29 is 0 Å². The SMILES string of the molecule is CC1(C)c2ccccc2-c2ccc(N(c3ccccc3)c3ccc(-c4ccccc4)cc3-c3cccc4ccccc34)cc21. The number of hydrogen-bond acceptors (Lipinski definition) is 1. The number of para-hydroxylation sites is 1. The van der Waals surface area contributed by atoms with Gasteiger partial charge in [-0.05, 0) is 86.1 Å². The van der Waals surface area contributed by atoms with Gasteiger partial charge in [0.05, 0.1) is 5.69 Å². The van der Waals surface area contributed by atoms with Crippen LogP contribution < -0.4 is 4.90 Å². The van der Waals surface area contributed by atoms with Crippen molar-refractivity contribution in [1.29, 1.82) is 0 Å². The summed E-state index contributed by atoms with van der Waals surface area (Å²) in [6, 6.07) is 59.7. The van der Waals surface area contributed by atoms with Crippen molar-refractivity contribution in [2.45, 2.75) is 19.3 Å². The summed E-state index contributed by atoms with van der Waals surface area (Å²) < 4.78 is 0. The summed E-state index contributed by atoms with van der Waals surface area (Å²) in [5.74, 6) is 0. The van der Waals surface area contributed by atoms with Gasteiger partial charge in [0.15, 0.2) is 0 Å². The molecule has 1 aliphatic rings. The lowest BCUT2D eigenvalue weighted by atomic mass is 9.82. The van der Waals surface area contributed by atoms with Crippen molar-refractivity contribution in [3.05, 3.63) is 175 Å². The van der Waals surface area contributed by atoms with E-state index >= 15 is 0 Å². The predicted octanol–water partition coefficient (Wildman–Crippen LogP) is 11.9. The van der Waals surface area contributed by atoms with Crippen LogP contribution >= 0.6 is 0 Å². The van der Waals surface area contributed by atoms with E-state index in [-0.39, 0.29) is 5.41 Å². The molecule has 210 valence electrons. The second-order valence-corrected chi connectivity index (χ2v) is 12.2. The molecule has 0 spiro atoms. The molecule has 0 fully saturated rings. The lowest BCUT2D eigenvalue weighted by molar-refractivity contribution is 0.660. The first-order valence-electron chi connectivity index (χ1n) is 15.4. The van der Waals surface area contributed by atoms with E-state index < -0.39 is 0 Å². The van der Waals surface area contributed by atoms with Crippen LogP contribution in [0, 0.1) is 0 Å². The fourth-order valence-electron chi connectivity index (χ4n) is 7.05. The molecular formula is C43H33N. The Kier molecular flexibility index (Phi) is 6.20. The van der Waals surface area contributed by atoms with Gasteiger partial charge in [0.1, 0.15) is 0 Å². The van der Waals surface area contributed by atoms with E-state index in [0.717, 1.165) is 17.1 Å². The molecule has 44 heavy (non-hydrogen) atoms. The van der Waals surface area contributed by atoms with Gasteiger partial charge in [-0.3, -0.25) is 0 Å². The van der Waals surface area contributed by atoms with Crippen molar-refractivity contribution in [3.8, 4) is 33.4 Å². The van der Waals surface area contributed by atoms with E-state index in [9.17, 15) is 0 Å². The molecule has 0 heterocycles. The summed E-state index contributed by atoms with van der Waals surface area (Å²) in [4.78, 5) is 2.44. The number of anilines is 3. The summed E-state index contributed by atoms with van der Waals surface area (Å²) in [6.45, 7) is 4.70. The minimum absolute atomic E-state index is 0.0834. The van der Waals surface area contributed by atoms with Crippen molar-refractivity contribution in [2.75, 3.05) is 4.90 Å². The van der Waals surface area contributed by atoms with Gasteiger partial charge in [0, 0.05) is 22.4 Å². The Bertz CT molecular complexity index is 2140. The van der Waals surface area contributed by atoms with Crippen molar-refractivity contribution >= 4 is 27.8 Å². The Balaban J connectivity index is 1.39. The summed E-state index contributed by atoms with van der Waals surface area (Å²) in [5.41, 5.74) is 13.6. The van der Waals surface area contributed by atoms with Crippen LogP contribution in [0.15, 0.2) is 164 Å². The van der Waals surface area contributed by atoms with E-state index in [4.69, 9.17) is 0 Å². The van der Waals surface area contributed by atoms with Gasteiger partial charge in [-0.1, -0.05) is 141 Å². The van der Waals surface area contributed by atoms with E-state index in [0.29, 0.717) is 0 Å². The molecule has 7 aromatic carbocycles. The van der Waals surface area contributed by atoms with Crippen LogP contribution in [-0.2, 0) is 5.41 Å². The largest absolute Gasteiger partial charge is 0.310 e. The van der Waals surface area contributed by atoms with Crippen LogP contribution in [0.3, 0.4) is 0 Å². The Morgan fingerprint density at radius 3 is 1.91 bits per heavy atom. The van der Waals surface area contributed by atoms with Gasteiger partial charge in [-0.15, -0.1) is 0 Å². The predicted molar refractivity (Wildman–Crippen MR) is 187 cm³/mol. The standard InChI is InChI=1S/C43H33N/c1-43(2)40-23-12-11-21-37(40)38-26-25-34(29-41(38)43)44(33-18-7-4-8-19-33)42-27-24-32(30-14-5-3-6-15-30)28-39(42)36-22-13-17-31-16-9-10-20-35(31)36/h3-29H,1-2H3. The van der Waals surface area contributed by atoms with Crippen LogP contribution in [0.2, 0.25) is 0 Å². The van der Waals surface area contributed by atoms with Gasteiger partial charge in [0.2, 0.25) is 0 Å². The molecule has 0 radical (unpaired) electrons. The molecule has 0 saturated heterocycles. The monoisotopic (exact) mass is 563 g/mol. The van der Waals surface area contributed by atoms with Crippen LogP contribution in [0.5, 0.6) is 0 Å². The summed E-state index contributed by atoms with van der Waals surface area (Å²) in [6.07, 6.45) is 0. The first kappa shape index (κ1) is 26.2. The maximum absolute atomic E-state index is 2.44. The highest BCUT2D eigenvalue weighted by molar-refractivity contribution is 6.02. The highest BCUT2D eigenvalue weighted by Crippen LogP contribution is 2.51. The van der Waals surface area contributed by atoms with Crippen LogP contribution in [0.25, 0.3) is 44.2 Å².